The van der Waals surface area contributed by atoms with Gasteiger partial charge in [-0.3, -0.25) is 4.79 Å². The summed E-state index contributed by atoms with van der Waals surface area (Å²) in [6.07, 6.45) is 0. The van der Waals surface area contributed by atoms with Gasteiger partial charge < -0.3 is 11.2 Å². The van der Waals surface area contributed by atoms with Crippen LogP contribution in [-0.2, 0) is 4.79 Å². The summed E-state index contributed by atoms with van der Waals surface area (Å²) in [7, 11) is 0. The number of hydrogen-bond acceptors (Lipinski definition) is 5. The van der Waals surface area contributed by atoms with Gasteiger partial charge in [-0.1, -0.05) is 35.0 Å². The Morgan fingerprint density at radius 1 is 1.19 bits per heavy atom. The van der Waals surface area contributed by atoms with Crippen molar-refractivity contribution in [2.75, 3.05) is 16.9 Å². The number of rotatable bonds is 5. The zero-order chi connectivity index (χ0) is 18.7. The molecule has 0 saturated carbocycles. The van der Waals surface area contributed by atoms with E-state index in [1.54, 1.807) is 42.5 Å². The lowest BCUT2D eigenvalue weighted by Gasteiger charge is -2.06. The third kappa shape index (κ3) is 4.50. The molecule has 2 aromatic carbocycles. The van der Waals surface area contributed by atoms with E-state index in [1.165, 1.54) is 16.4 Å². The Bertz CT molecular complexity index is 948. The van der Waals surface area contributed by atoms with Gasteiger partial charge in [-0.2, -0.15) is 0 Å². The highest BCUT2D eigenvalue weighted by Gasteiger charge is 2.14. The molecular formula is C16H12BrCl2N5OS. The maximum Gasteiger partial charge on any atom is 0.234 e. The van der Waals surface area contributed by atoms with Gasteiger partial charge in [0.25, 0.3) is 0 Å². The van der Waals surface area contributed by atoms with Crippen LogP contribution in [0.4, 0.5) is 5.69 Å². The second kappa shape index (κ2) is 8.30. The van der Waals surface area contributed by atoms with Crippen LogP contribution in [0.15, 0.2) is 52.1 Å². The summed E-state index contributed by atoms with van der Waals surface area (Å²) in [5, 5.41) is 12.5. The third-order valence-electron chi connectivity index (χ3n) is 3.30. The smallest absolute Gasteiger partial charge is 0.234 e. The van der Waals surface area contributed by atoms with Crippen LogP contribution in [0.3, 0.4) is 0 Å². The van der Waals surface area contributed by atoms with Crippen molar-refractivity contribution in [1.82, 2.24) is 14.9 Å². The number of nitrogens with one attached hydrogen (secondary N) is 1. The molecule has 0 fully saturated rings. The number of amides is 1. The standard InChI is InChI=1S/C16H12BrCl2N5OS/c17-12-7-11(5-6-13(12)19)21-14(25)8-26-16-23-22-15(24(16)20)9-1-3-10(18)4-2-9/h1-7H,8,20H2,(H,21,25). The van der Waals surface area contributed by atoms with Gasteiger partial charge in [0.15, 0.2) is 5.82 Å². The highest BCUT2D eigenvalue weighted by atomic mass is 79.9. The maximum absolute atomic E-state index is 12.1. The number of nitrogens with zero attached hydrogens (tertiary/aromatic N) is 3. The molecule has 0 radical (unpaired) electrons. The SMILES string of the molecule is Nn1c(SCC(=O)Nc2ccc(Cl)c(Br)c2)nnc1-c1ccc(Cl)cc1. The zero-order valence-corrected chi connectivity index (χ0v) is 17.0. The second-order valence-corrected chi connectivity index (χ2v) is 7.79. The van der Waals surface area contributed by atoms with E-state index in [-0.39, 0.29) is 11.7 Å². The van der Waals surface area contributed by atoms with Crippen LogP contribution < -0.4 is 11.2 Å². The Morgan fingerprint density at radius 2 is 1.92 bits per heavy atom. The summed E-state index contributed by atoms with van der Waals surface area (Å²) in [6, 6.07) is 12.2. The molecule has 1 aromatic heterocycles. The van der Waals surface area contributed by atoms with E-state index in [0.29, 0.717) is 31.2 Å². The summed E-state index contributed by atoms with van der Waals surface area (Å²) in [4.78, 5) is 12.1. The third-order valence-corrected chi connectivity index (χ3v) is 5.71. The Hall–Kier alpha value is -1.74. The lowest BCUT2D eigenvalue weighted by Crippen LogP contribution is -2.16. The molecule has 0 spiro atoms. The molecule has 0 aliphatic heterocycles. The Kier molecular flexibility index (Phi) is 6.08. The van der Waals surface area contributed by atoms with E-state index in [0.717, 1.165) is 5.56 Å². The molecule has 0 saturated heterocycles. The first-order valence-corrected chi connectivity index (χ1v) is 9.81. The van der Waals surface area contributed by atoms with Gasteiger partial charge in [-0.15, -0.1) is 10.2 Å². The van der Waals surface area contributed by atoms with Crippen LogP contribution in [0.2, 0.25) is 10.0 Å². The van der Waals surface area contributed by atoms with Crippen molar-refractivity contribution in [3.63, 3.8) is 0 Å². The first kappa shape index (κ1) is 19.0. The van der Waals surface area contributed by atoms with E-state index in [9.17, 15) is 4.79 Å². The number of halogens is 3. The first-order valence-electron chi connectivity index (χ1n) is 7.28. The Labute approximate surface area is 172 Å². The van der Waals surface area contributed by atoms with E-state index >= 15 is 0 Å². The van der Waals surface area contributed by atoms with Crippen molar-refractivity contribution >= 4 is 62.5 Å². The molecule has 3 rings (SSSR count). The van der Waals surface area contributed by atoms with Gasteiger partial charge in [-0.25, -0.2) is 4.68 Å². The fourth-order valence-electron chi connectivity index (χ4n) is 2.07. The van der Waals surface area contributed by atoms with Crippen molar-refractivity contribution in [3.05, 3.63) is 57.0 Å². The van der Waals surface area contributed by atoms with E-state index in [2.05, 4.69) is 31.4 Å². The van der Waals surface area contributed by atoms with Crippen LogP contribution in [0, 0.1) is 0 Å². The summed E-state index contributed by atoms with van der Waals surface area (Å²) in [5.74, 6) is 6.47. The summed E-state index contributed by atoms with van der Waals surface area (Å²) in [5.41, 5.74) is 1.43. The highest BCUT2D eigenvalue weighted by molar-refractivity contribution is 9.10. The van der Waals surface area contributed by atoms with E-state index in [1.807, 2.05) is 0 Å². The van der Waals surface area contributed by atoms with Crippen molar-refractivity contribution < 1.29 is 4.79 Å². The second-order valence-electron chi connectivity index (χ2n) is 5.15. The number of hydrogen-bond donors (Lipinski definition) is 2. The normalized spacial score (nSPS) is 10.7. The minimum atomic E-state index is -0.194. The first-order chi connectivity index (χ1) is 12.4. The van der Waals surface area contributed by atoms with Crippen LogP contribution in [0.5, 0.6) is 0 Å². The molecule has 1 amide bonds. The van der Waals surface area contributed by atoms with Crippen LogP contribution in [0.1, 0.15) is 0 Å². The predicted octanol–water partition coefficient (Wildman–Crippen LogP) is 4.46. The number of thioether (sulfide) groups is 1. The molecule has 0 bridgehead atoms. The van der Waals surface area contributed by atoms with Crippen LogP contribution in [-0.4, -0.2) is 26.5 Å². The zero-order valence-electron chi connectivity index (χ0n) is 13.1. The average molecular weight is 473 g/mol. The minimum Gasteiger partial charge on any atom is -0.335 e. The number of anilines is 1. The maximum atomic E-state index is 12.1. The number of nitrogen functional groups attached to an aromatic ring is 1. The molecule has 10 heteroatoms. The van der Waals surface area contributed by atoms with E-state index < -0.39 is 0 Å². The number of nitrogens with two attached hydrogens (primary N) is 1. The molecule has 134 valence electrons. The number of carbonyl (C=O) groups is 1. The van der Waals surface area contributed by atoms with Crippen molar-refractivity contribution in [2.45, 2.75) is 5.16 Å². The quantitative estimate of drug-likeness (QED) is 0.423. The van der Waals surface area contributed by atoms with Crippen LogP contribution in [0.25, 0.3) is 11.4 Å². The largest absolute Gasteiger partial charge is 0.335 e. The van der Waals surface area contributed by atoms with Crippen LogP contribution >= 0.6 is 50.9 Å². The van der Waals surface area contributed by atoms with Crippen molar-refractivity contribution in [3.8, 4) is 11.4 Å². The van der Waals surface area contributed by atoms with Gasteiger partial charge in [-0.05, 0) is 58.4 Å². The van der Waals surface area contributed by atoms with Gasteiger partial charge >= 0.3 is 0 Å². The van der Waals surface area contributed by atoms with Gasteiger partial charge in [0, 0.05) is 20.7 Å². The molecule has 3 N–H and O–H groups in total. The fraction of sp³-hybridized carbons (Fsp3) is 0.0625. The lowest BCUT2D eigenvalue weighted by molar-refractivity contribution is -0.113. The lowest BCUT2D eigenvalue weighted by atomic mass is 10.2. The highest BCUT2D eigenvalue weighted by Crippen LogP contribution is 2.26. The molecule has 0 aliphatic carbocycles. The van der Waals surface area contributed by atoms with Crippen molar-refractivity contribution in [1.29, 1.82) is 0 Å². The molecule has 0 aliphatic rings. The summed E-state index contributed by atoms with van der Waals surface area (Å²) >= 11 is 16.3. The molecule has 26 heavy (non-hydrogen) atoms. The van der Waals surface area contributed by atoms with Crippen molar-refractivity contribution in [2.24, 2.45) is 0 Å². The summed E-state index contributed by atoms with van der Waals surface area (Å²) in [6.45, 7) is 0. The molecule has 3 aromatic rings. The molecular weight excluding hydrogens is 461 g/mol. The fourth-order valence-corrected chi connectivity index (χ4v) is 3.35. The Balaban J connectivity index is 1.63. The number of benzene rings is 2. The van der Waals surface area contributed by atoms with Gasteiger partial charge in [0.1, 0.15) is 0 Å². The molecule has 0 atom stereocenters. The molecule has 1 heterocycles. The monoisotopic (exact) mass is 471 g/mol. The van der Waals surface area contributed by atoms with Gasteiger partial charge in [0.05, 0.1) is 10.8 Å². The number of carbonyl (C=O) groups excluding carboxylic acids is 1. The average Bonchev–Trinajstić information content (AvgIpc) is 2.98. The molecule has 0 unspecified atom stereocenters. The predicted molar refractivity (Wildman–Crippen MR) is 109 cm³/mol. The van der Waals surface area contributed by atoms with E-state index in [4.69, 9.17) is 29.0 Å². The summed E-state index contributed by atoms with van der Waals surface area (Å²) < 4.78 is 2.05. The minimum absolute atomic E-state index is 0.135. The van der Waals surface area contributed by atoms with Gasteiger partial charge in [0.2, 0.25) is 11.1 Å². The topological polar surface area (TPSA) is 85.8 Å². The molecule has 6 nitrogen and oxygen atoms in total. The Morgan fingerprint density at radius 3 is 2.62 bits per heavy atom. The number of aromatic nitrogens is 3.